The minimum absolute atomic E-state index is 0.289. The molecule has 130 valence electrons. The summed E-state index contributed by atoms with van der Waals surface area (Å²) in [7, 11) is 0. The van der Waals surface area contributed by atoms with Gasteiger partial charge in [-0.3, -0.25) is 0 Å². The lowest BCUT2D eigenvalue weighted by Crippen LogP contribution is -2.02. The number of fused-ring (bicyclic) bond motifs is 1. The highest BCUT2D eigenvalue weighted by Crippen LogP contribution is 2.21. The van der Waals surface area contributed by atoms with E-state index in [0.717, 1.165) is 27.9 Å². The summed E-state index contributed by atoms with van der Waals surface area (Å²) in [6, 6.07) is 19.9. The van der Waals surface area contributed by atoms with Crippen molar-refractivity contribution >= 4 is 10.9 Å². The van der Waals surface area contributed by atoms with Gasteiger partial charge in [-0.25, -0.2) is 4.98 Å². The molecule has 0 aliphatic rings. The molecule has 7 nitrogen and oxygen atoms in total. The number of nitrogens with zero attached hydrogens (tertiary/aromatic N) is 4. The van der Waals surface area contributed by atoms with Crippen molar-refractivity contribution in [1.82, 2.24) is 25.6 Å². The average molecular weight is 347 g/mol. The number of aromatic amines is 1. The van der Waals surface area contributed by atoms with Crippen LogP contribution < -0.4 is 4.74 Å². The van der Waals surface area contributed by atoms with E-state index >= 15 is 0 Å². The second-order valence-electron chi connectivity index (χ2n) is 5.71. The second-order valence-corrected chi connectivity index (χ2v) is 5.71. The second kappa shape index (κ2) is 7.71. The van der Waals surface area contributed by atoms with Crippen molar-refractivity contribution in [1.29, 1.82) is 0 Å². The predicted molar refractivity (Wildman–Crippen MR) is 95.2 cm³/mol. The summed E-state index contributed by atoms with van der Waals surface area (Å²) < 4.78 is 11.6. The first-order chi connectivity index (χ1) is 12.9. The normalized spacial score (nSPS) is 10.9. The van der Waals surface area contributed by atoms with E-state index in [1.807, 2.05) is 54.6 Å². The number of hydrogen-bond donors (Lipinski definition) is 1. The van der Waals surface area contributed by atoms with E-state index in [1.54, 1.807) is 0 Å². The molecule has 1 N–H and O–H groups in total. The molecule has 0 aliphatic carbocycles. The summed E-state index contributed by atoms with van der Waals surface area (Å²) in [5, 5.41) is 14.7. The zero-order valence-corrected chi connectivity index (χ0v) is 14.0. The first-order valence-corrected chi connectivity index (χ1v) is 8.24. The van der Waals surface area contributed by atoms with Gasteiger partial charge in [-0.05, 0) is 18.2 Å². The number of rotatable bonds is 7. The Morgan fingerprint density at radius 3 is 2.65 bits per heavy atom. The van der Waals surface area contributed by atoms with Gasteiger partial charge in [-0.1, -0.05) is 47.7 Å². The van der Waals surface area contributed by atoms with Crippen molar-refractivity contribution in [3.05, 3.63) is 77.7 Å². The Balaban J connectivity index is 1.40. The number of hydrogen-bond acceptors (Lipinski definition) is 6. The summed E-state index contributed by atoms with van der Waals surface area (Å²) in [4.78, 5) is 4.63. The molecule has 0 saturated heterocycles. The maximum absolute atomic E-state index is 5.97. The van der Waals surface area contributed by atoms with Gasteiger partial charge in [0.1, 0.15) is 19.0 Å². The zero-order chi connectivity index (χ0) is 17.6. The van der Waals surface area contributed by atoms with Gasteiger partial charge in [0.15, 0.2) is 5.82 Å². The smallest absolute Gasteiger partial charge is 0.200 e. The maximum atomic E-state index is 5.97. The molecule has 2 heterocycles. The van der Waals surface area contributed by atoms with Gasteiger partial charge in [0.25, 0.3) is 0 Å². The number of tetrazole rings is 1. The Labute approximate surface area is 150 Å². The molecular weight excluding hydrogens is 330 g/mol. The van der Waals surface area contributed by atoms with Crippen LogP contribution in [0.1, 0.15) is 17.1 Å². The largest absolute Gasteiger partial charge is 0.487 e. The number of H-pyrrole nitrogens is 1. The molecule has 4 aromatic rings. The van der Waals surface area contributed by atoms with Crippen molar-refractivity contribution in [3.63, 3.8) is 0 Å². The van der Waals surface area contributed by atoms with Gasteiger partial charge in [-0.2, -0.15) is 5.21 Å². The molecule has 4 rings (SSSR count). The van der Waals surface area contributed by atoms with E-state index in [-0.39, 0.29) is 6.61 Å². The summed E-state index contributed by atoms with van der Waals surface area (Å²) in [5.74, 6) is 1.29. The number of nitrogens with one attached hydrogen (secondary N) is 1. The third kappa shape index (κ3) is 3.84. The van der Waals surface area contributed by atoms with Gasteiger partial charge >= 0.3 is 0 Å². The van der Waals surface area contributed by atoms with E-state index in [4.69, 9.17) is 9.47 Å². The third-order valence-electron chi connectivity index (χ3n) is 3.88. The van der Waals surface area contributed by atoms with Crippen molar-refractivity contribution in [3.8, 4) is 5.75 Å². The van der Waals surface area contributed by atoms with Crippen LogP contribution in [0.5, 0.6) is 5.75 Å². The monoisotopic (exact) mass is 347 g/mol. The highest BCUT2D eigenvalue weighted by atomic mass is 16.5. The fraction of sp³-hybridized carbons (Fsp3) is 0.158. The molecule has 0 atom stereocenters. The fourth-order valence-corrected chi connectivity index (χ4v) is 2.60. The van der Waals surface area contributed by atoms with Crippen LogP contribution in [0.3, 0.4) is 0 Å². The Hall–Kier alpha value is -3.32. The minimum Gasteiger partial charge on any atom is -0.487 e. The zero-order valence-electron chi connectivity index (χ0n) is 14.0. The fourth-order valence-electron chi connectivity index (χ4n) is 2.60. The first kappa shape index (κ1) is 16.2. The van der Waals surface area contributed by atoms with Gasteiger partial charge in [0.05, 0.1) is 17.8 Å². The highest BCUT2D eigenvalue weighted by Gasteiger charge is 2.06. The maximum Gasteiger partial charge on any atom is 0.200 e. The van der Waals surface area contributed by atoms with E-state index < -0.39 is 0 Å². The van der Waals surface area contributed by atoms with Crippen molar-refractivity contribution in [2.75, 3.05) is 0 Å². The molecule has 0 saturated carbocycles. The molecule has 0 radical (unpaired) electrons. The summed E-state index contributed by atoms with van der Waals surface area (Å²) in [6.45, 7) is 1.08. The Kier molecular flexibility index (Phi) is 4.79. The molecule has 2 aromatic carbocycles. The van der Waals surface area contributed by atoms with Crippen LogP contribution in [-0.4, -0.2) is 25.6 Å². The van der Waals surface area contributed by atoms with Gasteiger partial charge in [0.2, 0.25) is 0 Å². The van der Waals surface area contributed by atoms with E-state index in [2.05, 4.69) is 31.7 Å². The number of para-hydroxylation sites is 2. The summed E-state index contributed by atoms with van der Waals surface area (Å²) in [5.41, 5.74) is 2.80. The molecule has 0 spiro atoms. The van der Waals surface area contributed by atoms with E-state index in [9.17, 15) is 0 Å². The molecule has 0 unspecified atom stereocenters. The Morgan fingerprint density at radius 2 is 1.73 bits per heavy atom. The molecule has 0 aliphatic heterocycles. The number of pyridine rings is 1. The van der Waals surface area contributed by atoms with Crippen LogP contribution in [0.15, 0.2) is 60.7 Å². The lowest BCUT2D eigenvalue weighted by Gasteiger charge is -2.11. The standard InChI is InChI=1S/C19H17N5O2/c1-3-7-17-14(5-1)9-10-16(20-17)12-26-18-8-4-2-6-15(18)11-25-13-19-21-23-24-22-19/h1-10H,11-13H2,(H,21,22,23,24). The van der Waals surface area contributed by atoms with Gasteiger partial charge < -0.3 is 9.47 Å². The SMILES string of the molecule is c1ccc(OCc2ccc3ccccc3n2)c(COCc2nn[nH]n2)c1. The van der Waals surface area contributed by atoms with Crippen LogP contribution in [0, 0.1) is 0 Å². The summed E-state index contributed by atoms with van der Waals surface area (Å²) in [6.07, 6.45) is 0. The predicted octanol–water partition coefficient (Wildman–Crippen LogP) is 3.04. The van der Waals surface area contributed by atoms with Crippen LogP contribution in [0.2, 0.25) is 0 Å². The van der Waals surface area contributed by atoms with Gasteiger partial charge in [0, 0.05) is 10.9 Å². The quantitative estimate of drug-likeness (QED) is 0.553. The number of aromatic nitrogens is 5. The Morgan fingerprint density at radius 1 is 0.846 bits per heavy atom. The van der Waals surface area contributed by atoms with Crippen LogP contribution >= 0.6 is 0 Å². The van der Waals surface area contributed by atoms with Crippen molar-refractivity contribution in [2.45, 2.75) is 19.8 Å². The number of ether oxygens (including phenoxy) is 2. The van der Waals surface area contributed by atoms with Crippen molar-refractivity contribution < 1.29 is 9.47 Å². The lowest BCUT2D eigenvalue weighted by atomic mass is 10.2. The number of benzene rings is 2. The van der Waals surface area contributed by atoms with Crippen LogP contribution in [0.4, 0.5) is 0 Å². The topological polar surface area (TPSA) is 85.8 Å². The minimum atomic E-state index is 0.289. The van der Waals surface area contributed by atoms with Crippen LogP contribution in [0.25, 0.3) is 10.9 Å². The molecule has 26 heavy (non-hydrogen) atoms. The lowest BCUT2D eigenvalue weighted by molar-refractivity contribution is 0.0991. The molecule has 0 amide bonds. The first-order valence-electron chi connectivity index (χ1n) is 8.24. The van der Waals surface area contributed by atoms with Crippen molar-refractivity contribution in [2.24, 2.45) is 0 Å². The molecule has 0 fully saturated rings. The molecular formula is C19H17N5O2. The van der Waals surface area contributed by atoms with Gasteiger partial charge in [-0.15, -0.1) is 10.2 Å². The highest BCUT2D eigenvalue weighted by molar-refractivity contribution is 5.78. The van der Waals surface area contributed by atoms with E-state index in [1.165, 1.54) is 0 Å². The average Bonchev–Trinajstić information content (AvgIpc) is 3.20. The molecule has 2 aromatic heterocycles. The summed E-state index contributed by atoms with van der Waals surface area (Å²) >= 11 is 0. The third-order valence-corrected chi connectivity index (χ3v) is 3.88. The Bertz CT molecular complexity index is 988. The molecule has 0 bridgehead atoms. The van der Waals surface area contributed by atoms with Crippen LogP contribution in [-0.2, 0) is 24.6 Å². The van der Waals surface area contributed by atoms with E-state index in [0.29, 0.717) is 19.0 Å². The molecule has 7 heteroatoms.